The van der Waals surface area contributed by atoms with E-state index in [1.54, 1.807) is 7.11 Å². The van der Waals surface area contributed by atoms with Gasteiger partial charge in [0, 0.05) is 13.5 Å². The lowest BCUT2D eigenvalue weighted by Gasteiger charge is -2.15. The summed E-state index contributed by atoms with van der Waals surface area (Å²) in [5.74, 6) is -0.0662. The molecule has 0 fully saturated rings. The molecule has 24 heavy (non-hydrogen) atoms. The smallest absolute Gasteiger partial charge is 0.305 e. The van der Waals surface area contributed by atoms with Gasteiger partial charge in [-0.05, 0) is 12.8 Å². The van der Waals surface area contributed by atoms with E-state index in [1.165, 1.54) is 51.4 Å². The highest BCUT2D eigenvalue weighted by Crippen LogP contribution is 2.11. The topological polar surface area (TPSA) is 35.5 Å². The van der Waals surface area contributed by atoms with Crippen molar-refractivity contribution in [3.05, 3.63) is 0 Å². The number of rotatable bonds is 16. The highest BCUT2D eigenvalue weighted by Gasteiger charge is 2.10. The van der Waals surface area contributed by atoms with Crippen LogP contribution in [0.25, 0.3) is 0 Å². The van der Waals surface area contributed by atoms with Crippen molar-refractivity contribution in [2.45, 2.75) is 117 Å². The van der Waals surface area contributed by atoms with E-state index in [1.807, 2.05) is 13.8 Å². The van der Waals surface area contributed by atoms with E-state index in [0.29, 0.717) is 13.0 Å². The van der Waals surface area contributed by atoms with Gasteiger partial charge in [0.2, 0.25) is 0 Å². The van der Waals surface area contributed by atoms with Gasteiger partial charge in [0.25, 0.3) is 0 Å². The second-order valence-corrected chi connectivity index (χ2v) is 6.26. The van der Waals surface area contributed by atoms with Crippen LogP contribution in [0.3, 0.4) is 0 Å². The number of esters is 1. The number of unbranched alkanes of at least 4 members (excludes halogenated alkanes) is 9. The Morgan fingerprint density at radius 2 is 1.29 bits per heavy atom. The number of carbonyl (C=O) groups excluding carboxylic acids is 1. The quantitative estimate of drug-likeness (QED) is 0.231. The van der Waals surface area contributed by atoms with Gasteiger partial charge in [0.05, 0.1) is 6.10 Å². The Morgan fingerprint density at radius 3 is 1.83 bits per heavy atom. The van der Waals surface area contributed by atoms with E-state index < -0.39 is 0 Å². The van der Waals surface area contributed by atoms with Crippen molar-refractivity contribution in [1.82, 2.24) is 0 Å². The highest BCUT2D eigenvalue weighted by atomic mass is 16.6. The van der Waals surface area contributed by atoms with Crippen molar-refractivity contribution in [1.29, 1.82) is 0 Å². The summed E-state index contributed by atoms with van der Waals surface area (Å²) >= 11 is 0. The van der Waals surface area contributed by atoms with Gasteiger partial charge in [-0.25, -0.2) is 0 Å². The molecule has 1 atom stereocenters. The molecule has 0 aromatic rings. The zero-order valence-electron chi connectivity index (χ0n) is 17.2. The predicted molar refractivity (Wildman–Crippen MR) is 104 cm³/mol. The third-order valence-corrected chi connectivity index (χ3v) is 4.13. The van der Waals surface area contributed by atoms with Gasteiger partial charge >= 0.3 is 5.97 Å². The zero-order valence-corrected chi connectivity index (χ0v) is 17.2. The van der Waals surface area contributed by atoms with E-state index in [-0.39, 0.29) is 12.1 Å². The Hall–Kier alpha value is -0.570. The lowest BCUT2D eigenvalue weighted by molar-refractivity contribution is -0.147. The summed E-state index contributed by atoms with van der Waals surface area (Å²) in [6, 6.07) is 0. The Kier molecular flexibility index (Phi) is 24.0. The van der Waals surface area contributed by atoms with Crippen molar-refractivity contribution in [2.24, 2.45) is 0 Å². The molecule has 0 saturated heterocycles. The average Bonchev–Trinajstić information content (AvgIpc) is 2.62. The van der Waals surface area contributed by atoms with E-state index in [0.717, 1.165) is 25.7 Å². The first-order valence-corrected chi connectivity index (χ1v) is 10.4. The molecule has 0 aromatic carbocycles. The normalized spacial score (nSPS) is 11.5. The molecule has 0 aliphatic carbocycles. The van der Waals surface area contributed by atoms with Gasteiger partial charge in [-0.1, -0.05) is 91.9 Å². The minimum atomic E-state index is -0.0662. The lowest BCUT2D eigenvalue weighted by atomic mass is 10.1. The molecule has 0 saturated carbocycles. The van der Waals surface area contributed by atoms with Crippen LogP contribution in [-0.4, -0.2) is 25.8 Å². The van der Waals surface area contributed by atoms with Crippen molar-refractivity contribution in [3.8, 4) is 0 Å². The molecular weight excluding hydrogens is 300 g/mol. The van der Waals surface area contributed by atoms with Crippen LogP contribution in [0.15, 0.2) is 0 Å². The molecule has 0 spiro atoms. The largest absolute Gasteiger partial charge is 0.463 e. The fourth-order valence-electron chi connectivity index (χ4n) is 2.55. The Labute approximate surface area is 151 Å². The summed E-state index contributed by atoms with van der Waals surface area (Å²) in [5.41, 5.74) is 0. The second-order valence-electron chi connectivity index (χ2n) is 6.26. The molecule has 0 aliphatic heterocycles. The fourth-order valence-corrected chi connectivity index (χ4v) is 2.55. The third kappa shape index (κ3) is 19.5. The Bertz CT molecular complexity index is 241. The third-order valence-electron chi connectivity index (χ3n) is 4.13. The van der Waals surface area contributed by atoms with Crippen molar-refractivity contribution >= 4 is 5.97 Å². The van der Waals surface area contributed by atoms with E-state index in [2.05, 4.69) is 13.8 Å². The standard InChI is InChI=1S/C19H38O3.C2H6/c1-4-6-8-10-12-14-16-19(20)22-17-18(21-3)15-13-11-9-7-5-2;1-2/h18H,4-17H2,1-3H3;1-2H3. The van der Waals surface area contributed by atoms with Crippen LogP contribution in [-0.2, 0) is 14.3 Å². The van der Waals surface area contributed by atoms with Gasteiger partial charge in [-0.2, -0.15) is 0 Å². The SMILES string of the molecule is CC.CCCCCCCCC(=O)OCC(CCCCCCC)OC. The average molecular weight is 345 g/mol. The van der Waals surface area contributed by atoms with Crippen molar-refractivity contribution in [3.63, 3.8) is 0 Å². The number of hydrogen-bond donors (Lipinski definition) is 0. The van der Waals surface area contributed by atoms with Crippen LogP contribution in [0.2, 0.25) is 0 Å². The molecule has 0 aliphatic rings. The molecule has 146 valence electrons. The molecule has 3 heteroatoms. The first-order chi connectivity index (χ1) is 11.7. The number of ether oxygens (including phenoxy) is 2. The number of hydrogen-bond acceptors (Lipinski definition) is 3. The van der Waals surface area contributed by atoms with Crippen LogP contribution in [0, 0.1) is 0 Å². The van der Waals surface area contributed by atoms with Crippen LogP contribution in [0.4, 0.5) is 0 Å². The lowest BCUT2D eigenvalue weighted by Crippen LogP contribution is -2.20. The number of carbonyl (C=O) groups is 1. The summed E-state index contributed by atoms with van der Waals surface area (Å²) in [6.45, 7) is 8.85. The first kappa shape index (κ1) is 25.7. The highest BCUT2D eigenvalue weighted by molar-refractivity contribution is 5.69. The molecule has 0 rings (SSSR count). The Balaban J connectivity index is 0. The molecule has 0 bridgehead atoms. The van der Waals surface area contributed by atoms with Gasteiger partial charge in [-0.15, -0.1) is 0 Å². The molecule has 3 nitrogen and oxygen atoms in total. The second kappa shape index (κ2) is 22.4. The van der Waals surface area contributed by atoms with E-state index >= 15 is 0 Å². The first-order valence-electron chi connectivity index (χ1n) is 10.4. The minimum absolute atomic E-state index is 0.0649. The van der Waals surface area contributed by atoms with Gasteiger partial charge < -0.3 is 9.47 Å². The molecule has 0 aromatic heterocycles. The molecule has 0 radical (unpaired) electrons. The van der Waals surface area contributed by atoms with E-state index in [9.17, 15) is 4.79 Å². The summed E-state index contributed by atoms with van der Waals surface area (Å²) < 4.78 is 10.7. The maximum Gasteiger partial charge on any atom is 0.305 e. The van der Waals surface area contributed by atoms with Gasteiger partial charge in [0.1, 0.15) is 6.61 Å². The zero-order chi connectivity index (χ0) is 18.5. The molecule has 1 unspecified atom stereocenters. The van der Waals surface area contributed by atoms with Gasteiger partial charge in [0.15, 0.2) is 0 Å². The van der Waals surface area contributed by atoms with Crippen LogP contribution in [0.1, 0.15) is 111 Å². The summed E-state index contributed by atoms with van der Waals surface area (Å²) in [6.07, 6.45) is 15.1. The van der Waals surface area contributed by atoms with Crippen LogP contribution >= 0.6 is 0 Å². The molecule has 0 amide bonds. The maximum atomic E-state index is 11.7. The predicted octanol–water partition coefficient (Wildman–Crippen LogP) is 6.68. The van der Waals surface area contributed by atoms with Crippen LogP contribution in [0.5, 0.6) is 0 Å². The summed E-state index contributed by atoms with van der Waals surface area (Å²) in [7, 11) is 1.71. The maximum absolute atomic E-state index is 11.7. The van der Waals surface area contributed by atoms with Crippen molar-refractivity contribution in [2.75, 3.05) is 13.7 Å². The Morgan fingerprint density at radius 1 is 0.792 bits per heavy atom. The summed E-state index contributed by atoms with van der Waals surface area (Å²) in [5, 5.41) is 0. The van der Waals surface area contributed by atoms with E-state index in [4.69, 9.17) is 9.47 Å². The molecule has 0 heterocycles. The molecule has 0 N–H and O–H groups in total. The fraction of sp³-hybridized carbons (Fsp3) is 0.952. The monoisotopic (exact) mass is 344 g/mol. The summed E-state index contributed by atoms with van der Waals surface area (Å²) in [4.78, 5) is 11.7. The molecular formula is C21H44O3. The van der Waals surface area contributed by atoms with Crippen molar-refractivity contribution < 1.29 is 14.3 Å². The number of methoxy groups -OCH3 is 1. The minimum Gasteiger partial charge on any atom is -0.463 e. The van der Waals surface area contributed by atoms with Gasteiger partial charge in [-0.3, -0.25) is 4.79 Å². The van der Waals surface area contributed by atoms with Crippen LogP contribution < -0.4 is 0 Å².